The standard InChI is InChI=1S/C14H26N2O/c1-2-11-4-6-12(7-5-11)10-16-13(17)14(15)8-3-9-14/h11-12H,2-10,15H2,1H3,(H,16,17). The molecule has 0 aromatic heterocycles. The Morgan fingerprint density at radius 1 is 1.24 bits per heavy atom. The zero-order valence-corrected chi connectivity index (χ0v) is 11.0. The summed E-state index contributed by atoms with van der Waals surface area (Å²) in [5.74, 6) is 1.70. The van der Waals surface area contributed by atoms with Gasteiger partial charge in [0.05, 0.1) is 5.54 Å². The highest BCUT2D eigenvalue weighted by molar-refractivity contribution is 5.86. The number of rotatable bonds is 4. The first kappa shape index (κ1) is 12.9. The molecule has 3 heteroatoms. The molecule has 0 bridgehead atoms. The Morgan fingerprint density at radius 3 is 2.29 bits per heavy atom. The van der Waals surface area contributed by atoms with Gasteiger partial charge in [0.2, 0.25) is 5.91 Å². The van der Waals surface area contributed by atoms with E-state index in [9.17, 15) is 4.79 Å². The van der Waals surface area contributed by atoms with E-state index in [2.05, 4.69) is 12.2 Å². The number of nitrogens with one attached hydrogen (secondary N) is 1. The minimum absolute atomic E-state index is 0.0846. The molecule has 0 radical (unpaired) electrons. The van der Waals surface area contributed by atoms with Gasteiger partial charge in [0.15, 0.2) is 0 Å². The maximum Gasteiger partial charge on any atom is 0.240 e. The van der Waals surface area contributed by atoms with Crippen LogP contribution in [0.2, 0.25) is 0 Å². The van der Waals surface area contributed by atoms with Gasteiger partial charge < -0.3 is 11.1 Å². The van der Waals surface area contributed by atoms with Crippen LogP contribution < -0.4 is 11.1 Å². The minimum atomic E-state index is -0.527. The van der Waals surface area contributed by atoms with E-state index in [1.54, 1.807) is 0 Å². The van der Waals surface area contributed by atoms with Crippen molar-refractivity contribution in [2.45, 2.75) is 63.8 Å². The van der Waals surface area contributed by atoms with E-state index in [0.717, 1.165) is 31.7 Å². The number of hydrogen-bond donors (Lipinski definition) is 2. The van der Waals surface area contributed by atoms with Crippen LogP contribution in [-0.4, -0.2) is 18.0 Å². The van der Waals surface area contributed by atoms with Gasteiger partial charge in [0.25, 0.3) is 0 Å². The Hall–Kier alpha value is -0.570. The van der Waals surface area contributed by atoms with Crippen LogP contribution >= 0.6 is 0 Å². The van der Waals surface area contributed by atoms with Crippen molar-refractivity contribution in [3.8, 4) is 0 Å². The molecule has 0 aromatic rings. The fourth-order valence-electron chi connectivity index (χ4n) is 3.04. The summed E-state index contributed by atoms with van der Waals surface area (Å²) in [4.78, 5) is 11.9. The lowest BCUT2D eigenvalue weighted by Crippen LogP contribution is -2.59. The van der Waals surface area contributed by atoms with Crippen molar-refractivity contribution in [1.29, 1.82) is 0 Å². The quantitative estimate of drug-likeness (QED) is 0.789. The van der Waals surface area contributed by atoms with Gasteiger partial charge in [0, 0.05) is 6.54 Å². The lowest BCUT2D eigenvalue weighted by molar-refractivity contribution is -0.129. The molecule has 3 nitrogen and oxygen atoms in total. The zero-order chi connectivity index (χ0) is 12.3. The first-order valence-electron chi connectivity index (χ1n) is 7.21. The largest absolute Gasteiger partial charge is 0.354 e. The third kappa shape index (κ3) is 3.01. The molecule has 0 unspecified atom stereocenters. The molecule has 0 aliphatic heterocycles. The van der Waals surface area contributed by atoms with E-state index in [0.29, 0.717) is 5.92 Å². The van der Waals surface area contributed by atoms with Crippen LogP contribution in [0.4, 0.5) is 0 Å². The van der Waals surface area contributed by atoms with Gasteiger partial charge in [-0.25, -0.2) is 0 Å². The van der Waals surface area contributed by atoms with Crippen LogP contribution in [0.3, 0.4) is 0 Å². The summed E-state index contributed by atoms with van der Waals surface area (Å²) in [6, 6.07) is 0. The molecule has 3 N–H and O–H groups in total. The first-order chi connectivity index (χ1) is 8.14. The molecule has 0 aromatic carbocycles. The Bertz CT molecular complexity index is 265. The summed E-state index contributed by atoms with van der Waals surface area (Å²) in [7, 11) is 0. The lowest BCUT2D eigenvalue weighted by Gasteiger charge is -2.37. The molecule has 2 aliphatic rings. The second-order valence-electron chi connectivity index (χ2n) is 6.01. The summed E-state index contributed by atoms with van der Waals surface area (Å²) in [6.45, 7) is 3.12. The van der Waals surface area contributed by atoms with Crippen molar-refractivity contribution in [3.63, 3.8) is 0 Å². The average Bonchev–Trinajstić information content (AvgIpc) is 2.33. The highest BCUT2D eigenvalue weighted by Crippen LogP contribution is 2.31. The van der Waals surface area contributed by atoms with E-state index in [4.69, 9.17) is 5.73 Å². The minimum Gasteiger partial charge on any atom is -0.354 e. The highest BCUT2D eigenvalue weighted by atomic mass is 16.2. The second-order valence-corrected chi connectivity index (χ2v) is 6.01. The summed E-state index contributed by atoms with van der Waals surface area (Å²) in [6.07, 6.45) is 9.36. The Kier molecular flexibility index (Phi) is 4.08. The van der Waals surface area contributed by atoms with E-state index < -0.39 is 5.54 Å². The predicted molar refractivity (Wildman–Crippen MR) is 69.5 cm³/mol. The van der Waals surface area contributed by atoms with Gasteiger partial charge in [-0.05, 0) is 43.9 Å². The summed E-state index contributed by atoms with van der Waals surface area (Å²) in [5.41, 5.74) is 5.47. The highest BCUT2D eigenvalue weighted by Gasteiger charge is 2.40. The van der Waals surface area contributed by atoms with Crippen molar-refractivity contribution >= 4 is 5.91 Å². The van der Waals surface area contributed by atoms with Crippen molar-refractivity contribution in [2.75, 3.05) is 6.54 Å². The number of carbonyl (C=O) groups excluding carboxylic acids is 1. The average molecular weight is 238 g/mol. The Labute approximate surface area is 105 Å². The fraction of sp³-hybridized carbons (Fsp3) is 0.929. The van der Waals surface area contributed by atoms with Crippen LogP contribution in [-0.2, 0) is 4.79 Å². The lowest BCUT2D eigenvalue weighted by atomic mass is 9.76. The van der Waals surface area contributed by atoms with Gasteiger partial charge in [-0.1, -0.05) is 26.2 Å². The van der Waals surface area contributed by atoms with Crippen LogP contribution in [0, 0.1) is 11.8 Å². The van der Waals surface area contributed by atoms with Crippen LogP contribution in [0.1, 0.15) is 58.3 Å². The van der Waals surface area contributed by atoms with Crippen LogP contribution in [0.5, 0.6) is 0 Å². The van der Waals surface area contributed by atoms with E-state index in [1.165, 1.54) is 32.1 Å². The second kappa shape index (κ2) is 5.38. The smallest absolute Gasteiger partial charge is 0.240 e. The number of nitrogens with two attached hydrogens (primary N) is 1. The fourth-order valence-corrected chi connectivity index (χ4v) is 3.04. The number of carbonyl (C=O) groups is 1. The predicted octanol–water partition coefficient (Wildman–Crippen LogP) is 2.20. The number of amides is 1. The Morgan fingerprint density at radius 2 is 1.82 bits per heavy atom. The van der Waals surface area contributed by atoms with E-state index in [1.807, 2.05) is 0 Å². The molecule has 0 spiro atoms. The third-order valence-corrected chi connectivity index (χ3v) is 4.79. The molecule has 2 aliphatic carbocycles. The van der Waals surface area contributed by atoms with Crippen LogP contribution in [0.15, 0.2) is 0 Å². The van der Waals surface area contributed by atoms with Gasteiger partial charge in [-0.3, -0.25) is 4.79 Å². The van der Waals surface area contributed by atoms with Crippen molar-refractivity contribution in [3.05, 3.63) is 0 Å². The zero-order valence-electron chi connectivity index (χ0n) is 11.0. The van der Waals surface area contributed by atoms with Gasteiger partial charge >= 0.3 is 0 Å². The molecule has 2 rings (SSSR count). The maximum absolute atomic E-state index is 11.9. The van der Waals surface area contributed by atoms with Gasteiger partial charge in [0.1, 0.15) is 0 Å². The van der Waals surface area contributed by atoms with Crippen molar-refractivity contribution in [2.24, 2.45) is 17.6 Å². The van der Waals surface area contributed by atoms with Gasteiger partial charge in [-0.2, -0.15) is 0 Å². The SMILES string of the molecule is CCC1CCC(CNC(=O)C2(N)CCC2)CC1. The molecule has 0 heterocycles. The summed E-state index contributed by atoms with van der Waals surface area (Å²) in [5, 5.41) is 3.06. The Balaban J connectivity index is 1.67. The molecule has 0 atom stereocenters. The van der Waals surface area contributed by atoms with Crippen molar-refractivity contribution < 1.29 is 4.79 Å². The molecule has 2 saturated carbocycles. The summed E-state index contributed by atoms with van der Waals surface area (Å²) >= 11 is 0. The monoisotopic (exact) mass is 238 g/mol. The molecule has 0 saturated heterocycles. The van der Waals surface area contributed by atoms with Crippen molar-refractivity contribution in [1.82, 2.24) is 5.32 Å². The topological polar surface area (TPSA) is 55.1 Å². The molecular weight excluding hydrogens is 212 g/mol. The molecular formula is C14H26N2O. The number of hydrogen-bond acceptors (Lipinski definition) is 2. The van der Waals surface area contributed by atoms with Crippen LogP contribution in [0.25, 0.3) is 0 Å². The third-order valence-electron chi connectivity index (χ3n) is 4.79. The molecule has 1 amide bonds. The van der Waals surface area contributed by atoms with Gasteiger partial charge in [-0.15, -0.1) is 0 Å². The first-order valence-corrected chi connectivity index (χ1v) is 7.21. The molecule has 17 heavy (non-hydrogen) atoms. The molecule has 2 fully saturated rings. The van der Waals surface area contributed by atoms with E-state index >= 15 is 0 Å². The maximum atomic E-state index is 11.9. The molecule has 98 valence electrons. The van der Waals surface area contributed by atoms with E-state index in [-0.39, 0.29) is 5.91 Å². The summed E-state index contributed by atoms with van der Waals surface area (Å²) < 4.78 is 0. The normalized spacial score (nSPS) is 31.6.